The molecule has 0 aliphatic heterocycles. The molecule has 2 aromatic rings. The molecule has 0 saturated heterocycles. The average molecular weight is 217 g/mol. The first kappa shape index (κ1) is 10.8. The van der Waals surface area contributed by atoms with Gasteiger partial charge in [0.05, 0.1) is 19.3 Å². The lowest BCUT2D eigenvalue weighted by atomic mass is 10.1. The molecule has 0 aliphatic carbocycles. The van der Waals surface area contributed by atoms with E-state index in [1.165, 1.54) is 16.7 Å². The predicted octanol–water partition coefficient (Wildman–Crippen LogP) is 1.44. The van der Waals surface area contributed by atoms with Gasteiger partial charge in [-0.2, -0.15) is 0 Å². The molecule has 0 bridgehead atoms. The van der Waals surface area contributed by atoms with E-state index < -0.39 is 0 Å². The van der Waals surface area contributed by atoms with Crippen LogP contribution in [0.15, 0.2) is 24.4 Å². The summed E-state index contributed by atoms with van der Waals surface area (Å²) >= 11 is 0. The van der Waals surface area contributed by atoms with Crippen molar-refractivity contribution in [3.8, 4) is 0 Å². The lowest BCUT2D eigenvalue weighted by Crippen LogP contribution is -2.02. The van der Waals surface area contributed by atoms with Crippen molar-refractivity contribution in [3.63, 3.8) is 0 Å². The van der Waals surface area contributed by atoms with Gasteiger partial charge in [0.1, 0.15) is 5.69 Å². The van der Waals surface area contributed by atoms with E-state index in [1.54, 1.807) is 10.9 Å². The summed E-state index contributed by atoms with van der Waals surface area (Å²) in [6.07, 6.45) is 1.77. The first-order valence-corrected chi connectivity index (χ1v) is 5.25. The SMILES string of the molecule is Cc1ccc(C)c(Cn2cc(CO)nn2)c1. The zero-order valence-corrected chi connectivity index (χ0v) is 9.51. The molecule has 0 saturated carbocycles. The number of benzene rings is 1. The van der Waals surface area contributed by atoms with Crippen LogP contribution < -0.4 is 0 Å². The van der Waals surface area contributed by atoms with Crippen LogP contribution in [0.5, 0.6) is 0 Å². The fraction of sp³-hybridized carbons (Fsp3) is 0.333. The minimum atomic E-state index is -0.0627. The lowest BCUT2D eigenvalue weighted by Gasteiger charge is -2.06. The zero-order valence-electron chi connectivity index (χ0n) is 9.51. The summed E-state index contributed by atoms with van der Waals surface area (Å²) in [5.74, 6) is 0. The van der Waals surface area contributed by atoms with Gasteiger partial charge in [-0.15, -0.1) is 5.10 Å². The van der Waals surface area contributed by atoms with Gasteiger partial charge in [-0.3, -0.25) is 0 Å². The van der Waals surface area contributed by atoms with E-state index in [4.69, 9.17) is 5.11 Å². The third-order valence-corrected chi connectivity index (χ3v) is 2.59. The standard InChI is InChI=1S/C12H15N3O/c1-9-3-4-10(2)11(5-9)6-15-7-12(8-16)13-14-15/h3-5,7,16H,6,8H2,1-2H3. The molecule has 1 N–H and O–H groups in total. The van der Waals surface area contributed by atoms with Gasteiger partial charge in [-0.25, -0.2) is 4.68 Å². The van der Waals surface area contributed by atoms with Crippen LogP contribution in [0.3, 0.4) is 0 Å². The summed E-state index contributed by atoms with van der Waals surface area (Å²) in [4.78, 5) is 0. The van der Waals surface area contributed by atoms with Gasteiger partial charge in [0.15, 0.2) is 0 Å². The Balaban J connectivity index is 2.22. The summed E-state index contributed by atoms with van der Waals surface area (Å²) in [5, 5.41) is 16.7. The number of hydrogen-bond donors (Lipinski definition) is 1. The fourth-order valence-corrected chi connectivity index (χ4v) is 1.63. The van der Waals surface area contributed by atoms with Crippen LogP contribution in [0.2, 0.25) is 0 Å². The normalized spacial score (nSPS) is 10.7. The highest BCUT2D eigenvalue weighted by Gasteiger charge is 2.03. The Bertz CT molecular complexity index is 491. The topological polar surface area (TPSA) is 50.9 Å². The molecule has 0 aliphatic rings. The van der Waals surface area contributed by atoms with Gasteiger partial charge in [0.25, 0.3) is 0 Å². The summed E-state index contributed by atoms with van der Waals surface area (Å²) < 4.78 is 1.74. The molecule has 2 rings (SSSR count). The molecule has 16 heavy (non-hydrogen) atoms. The second-order valence-corrected chi connectivity index (χ2v) is 4.00. The zero-order chi connectivity index (χ0) is 11.5. The summed E-state index contributed by atoms with van der Waals surface area (Å²) in [6.45, 7) is 4.79. The Morgan fingerprint density at radius 3 is 2.81 bits per heavy atom. The van der Waals surface area contributed by atoms with Crippen LogP contribution in [0, 0.1) is 13.8 Å². The van der Waals surface area contributed by atoms with Crippen LogP contribution in [0.1, 0.15) is 22.4 Å². The van der Waals surface area contributed by atoms with Crippen LogP contribution in [0.4, 0.5) is 0 Å². The molecule has 0 unspecified atom stereocenters. The Labute approximate surface area is 94.5 Å². The Morgan fingerprint density at radius 1 is 1.31 bits per heavy atom. The summed E-state index contributed by atoms with van der Waals surface area (Å²) in [5.41, 5.74) is 4.31. The van der Waals surface area contributed by atoms with E-state index in [1.807, 2.05) is 0 Å². The number of aliphatic hydroxyl groups is 1. The number of hydrogen-bond acceptors (Lipinski definition) is 3. The van der Waals surface area contributed by atoms with E-state index in [-0.39, 0.29) is 6.61 Å². The molecule has 1 aromatic carbocycles. The molecule has 0 amide bonds. The highest BCUT2D eigenvalue weighted by molar-refractivity contribution is 5.30. The predicted molar refractivity (Wildman–Crippen MR) is 61.0 cm³/mol. The Hall–Kier alpha value is -1.68. The van der Waals surface area contributed by atoms with E-state index in [0.29, 0.717) is 12.2 Å². The Kier molecular flexibility index (Phi) is 3.01. The molecular formula is C12H15N3O. The maximum Gasteiger partial charge on any atom is 0.108 e. The van der Waals surface area contributed by atoms with Gasteiger partial charge >= 0.3 is 0 Å². The molecule has 1 aromatic heterocycles. The van der Waals surface area contributed by atoms with Crippen molar-refractivity contribution in [1.82, 2.24) is 15.0 Å². The van der Waals surface area contributed by atoms with Gasteiger partial charge in [0.2, 0.25) is 0 Å². The smallest absolute Gasteiger partial charge is 0.108 e. The molecule has 0 radical (unpaired) electrons. The van der Waals surface area contributed by atoms with Crippen molar-refractivity contribution in [3.05, 3.63) is 46.8 Å². The molecule has 0 spiro atoms. The van der Waals surface area contributed by atoms with E-state index in [9.17, 15) is 0 Å². The first-order chi connectivity index (χ1) is 7.69. The van der Waals surface area contributed by atoms with Crippen molar-refractivity contribution in [2.75, 3.05) is 0 Å². The van der Waals surface area contributed by atoms with Gasteiger partial charge in [0, 0.05) is 0 Å². The first-order valence-electron chi connectivity index (χ1n) is 5.25. The van der Waals surface area contributed by atoms with Gasteiger partial charge in [-0.1, -0.05) is 29.0 Å². The van der Waals surface area contributed by atoms with Crippen LogP contribution >= 0.6 is 0 Å². The van der Waals surface area contributed by atoms with Crippen LogP contribution in [0.25, 0.3) is 0 Å². The number of nitrogens with zero attached hydrogens (tertiary/aromatic N) is 3. The quantitative estimate of drug-likeness (QED) is 0.846. The number of aromatic nitrogens is 3. The fourth-order valence-electron chi connectivity index (χ4n) is 1.63. The Morgan fingerprint density at radius 2 is 2.12 bits per heavy atom. The molecule has 0 fully saturated rings. The van der Waals surface area contributed by atoms with E-state index >= 15 is 0 Å². The van der Waals surface area contributed by atoms with Gasteiger partial charge in [-0.05, 0) is 25.0 Å². The monoisotopic (exact) mass is 217 g/mol. The third-order valence-electron chi connectivity index (χ3n) is 2.59. The maximum absolute atomic E-state index is 8.90. The second kappa shape index (κ2) is 4.45. The summed E-state index contributed by atoms with van der Waals surface area (Å²) in [7, 11) is 0. The van der Waals surface area contributed by atoms with Crippen molar-refractivity contribution < 1.29 is 5.11 Å². The average Bonchev–Trinajstić information content (AvgIpc) is 2.71. The highest BCUT2D eigenvalue weighted by atomic mass is 16.3. The molecule has 4 nitrogen and oxygen atoms in total. The van der Waals surface area contributed by atoms with Crippen LogP contribution in [-0.4, -0.2) is 20.1 Å². The lowest BCUT2D eigenvalue weighted by molar-refractivity contribution is 0.276. The van der Waals surface area contributed by atoms with Crippen LogP contribution in [-0.2, 0) is 13.2 Å². The number of aryl methyl sites for hydroxylation is 2. The number of aliphatic hydroxyl groups excluding tert-OH is 1. The molecule has 84 valence electrons. The second-order valence-electron chi connectivity index (χ2n) is 4.00. The van der Waals surface area contributed by atoms with Crippen molar-refractivity contribution in [2.24, 2.45) is 0 Å². The minimum absolute atomic E-state index is 0.0627. The van der Waals surface area contributed by atoms with Crippen molar-refractivity contribution >= 4 is 0 Å². The molecule has 0 atom stereocenters. The van der Waals surface area contributed by atoms with Crippen molar-refractivity contribution in [1.29, 1.82) is 0 Å². The molecule has 4 heteroatoms. The largest absolute Gasteiger partial charge is 0.390 e. The maximum atomic E-state index is 8.90. The molecule has 1 heterocycles. The minimum Gasteiger partial charge on any atom is -0.390 e. The highest BCUT2D eigenvalue weighted by Crippen LogP contribution is 2.11. The van der Waals surface area contributed by atoms with E-state index in [2.05, 4.69) is 42.4 Å². The summed E-state index contributed by atoms with van der Waals surface area (Å²) in [6, 6.07) is 6.35. The van der Waals surface area contributed by atoms with E-state index in [0.717, 1.165) is 0 Å². The number of rotatable bonds is 3. The van der Waals surface area contributed by atoms with Gasteiger partial charge < -0.3 is 5.11 Å². The van der Waals surface area contributed by atoms with Crippen molar-refractivity contribution in [2.45, 2.75) is 27.0 Å². The molecular weight excluding hydrogens is 202 g/mol. The third kappa shape index (κ3) is 2.28.